The first-order valence-electron chi connectivity index (χ1n) is 5.34. The first kappa shape index (κ1) is 11.2. The summed E-state index contributed by atoms with van der Waals surface area (Å²) in [5.41, 5.74) is 1.07. The molecule has 90 valence electrons. The van der Waals surface area contributed by atoms with Crippen molar-refractivity contribution >= 4 is 43.6 Å². The lowest BCUT2D eigenvalue weighted by Gasteiger charge is -2.01. The van der Waals surface area contributed by atoms with Gasteiger partial charge in [-0.2, -0.15) is 0 Å². The number of aromatic nitrogens is 1. The average molecular weight is 306 g/mol. The Bertz CT molecular complexity index is 763. The lowest BCUT2D eigenvalue weighted by Crippen LogP contribution is -2.00. The fourth-order valence-corrected chi connectivity index (χ4v) is 2.59. The van der Waals surface area contributed by atoms with Crippen molar-refractivity contribution < 1.29 is 14.4 Å². The van der Waals surface area contributed by atoms with Crippen LogP contribution in [0.25, 0.3) is 21.7 Å². The van der Waals surface area contributed by atoms with Crippen LogP contribution in [0.15, 0.2) is 39.3 Å². The zero-order valence-corrected chi connectivity index (χ0v) is 10.8. The Morgan fingerprint density at radius 1 is 1.28 bits per heavy atom. The molecule has 0 unspecified atom stereocenters. The van der Waals surface area contributed by atoms with Gasteiger partial charge in [-0.1, -0.05) is 33.2 Å². The summed E-state index contributed by atoms with van der Waals surface area (Å²) in [4.78, 5) is 10.8. The first-order valence-corrected chi connectivity index (χ1v) is 6.13. The van der Waals surface area contributed by atoms with Gasteiger partial charge in [-0.05, 0) is 29.0 Å². The average Bonchev–Trinajstić information content (AvgIpc) is 2.72. The Hall–Kier alpha value is -1.88. The van der Waals surface area contributed by atoms with Crippen LogP contribution in [0.3, 0.4) is 0 Å². The third kappa shape index (κ3) is 1.67. The van der Waals surface area contributed by atoms with Gasteiger partial charge in [0.2, 0.25) is 0 Å². The van der Waals surface area contributed by atoms with Gasteiger partial charge in [0, 0.05) is 4.47 Å². The Balaban J connectivity index is 2.40. The molecule has 5 heteroatoms. The summed E-state index contributed by atoms with van der Waals surface area (Å²) in [7, 11) is 0. The maximum atomic E-state index is 10.8. The van der Waals surface area contributed by atoms with Gasteiger partial charge in [-0.15, -0.1) is 0 Å². The van der Waals surface area contributed by atoms with Crippen molar-refractivity contribution in [1.29, 1.82) is 0 Å². The molecule has 3 rings (SSSR count). The van der Waals surface area contributed by atoms with Crippen LogP contribution in [0.5, 0.6) is 0 Å². The number of halogens is 1. The Morgan fingerprint density at radius 2 is 2.11 bits per heavy atom. The van der Waals surface area contributed by atoms with E-state index in [1.165, 1.54) is 0 Å². The van der Waals surface area contributed by atoms with Crippen molar-refractivity contribution in [2.45, 2.75) is 6.42 Å². The monoisotopic (exact) mass is 305 g/mol. The number of rotatable bonds is 2. The summed E-state index contributed by atoms with van der Waals surface area (Å²) < 4.78 is 6.13. The highest BCUT2D eigenvalue weighted by molar-refractivity contribution is 9.10. The standard InChI is InChI=1S/C13H8BrNO3/c14-9-3-1-2-8-7(9)4-5-11-13(8)10(15-18-11)6-12(16)17/h1-5H,6H2,(H,16,17). The van der Waals surface area contributed by atoms with E-state index < -0.39 is 5.97 Å². The molecular weight excluding hydrogens is 298 g/mol. The number of hydrogen-bond donors (Lipinski definition) is 1. The predicted molar refractivity (Wildman–Crippen MR) is 70.6 cm³/mol. The quantitative estimate of drug-likeness (QED) is 0.788. The molecule has 0 saturated carbocycles. The van der Waals surface area contributed by atoms with E-state index in [0.29, 0.717) is 11.3 Å². The molecule has 0 atom stereocenters. The molecule has 3 aromatic rings. The van der Waals surface area contributed by atoms with Crippen molar-refractivity contribution in [1.82, 2.24) is 5.16 Å². The number of nitrogens with zero attached hydrogens (tertiary/aromatic N) is 1. The third-order valence-electron chi connectivity index (χ3n) is 2.83. The minimum absolute atomic E-state index is 0.140. The number of fused-ring (bicyclic) bond motifs is 3. The maximum Gasteiger partial charge on any atom is 0.309 e. The fraction of sp³-hybridized carbons (Fsp3) is 0.0769. The molecule has 0 bridgehead atoms. The molecule has 0 spiro atoms. The van der Waals surface area contributed by atoms with Crippen molar-refractivity contribution in [2.75, 3.05) is 0 Å². The molecule has 0 amide bonds. The molecule has 4 nitrogen and oxygen atoms in total. The van der Waals surface area contributed by atoms with Gasteiger partial charge in [0.1, 0.15) is 5.69 Å². The lowest BCUT2D eigenvalue weighted by molar-refractivity contribution is -0.136. The first-order chi connectivity index (χ1) is 8.66. The number of benzene rings is 2. The summed E-state index contributed by atoms with van der Waals surface area (Å²) in [5, 5.41) is 15.5. The summed E-state index contributed by atoms with van der Waals surface area (Å²) in [6.45, 7) is 0. The predicted octanol–water partition coefficient (Wildman–Crippen LogP) is 3.37. The van der Waals surface area contributed by atoms with Gasteiger partial charge in [0.25, 0.3) is 0 Å². The van der Waals surface area contributed by atoms with Gasteiger partial charge in [-0.3, -0.25) is 4.79 Å². The number of carboxylic acid groups (broad SMARTS) is 1. The van der Waals surface area contributed by atoms with Crippen LogP contribution in [0.4, 0.5) is 0 Å². The topological polar surface area (TPSA) is 63.3 Å². The van der Waals surface area contributed by atoms with E-state index in [1.54, 1.807) is 6.07 Å². The second kappa shape index (κ2) is 4.10. The second-order valence-electron chi connectivity index (χ2n) is 3.97. The lowest BCUT2D eigenvalue weighted by atomic mass is 10.0. The van der Waals surface area contributed by atoms with Gasteiger partial charge in [-0.25, -0.2) is 0 Å². The molecule has 0 radical (unpaired) electrons. The molecule has 2 aromatic carbocycles. The molecule has 1 aromatic heterocycles. The van der Waals surface area contributed by atoms with Crippen molar-refractivity contribution in [3.63, 3.8) is 0 Å². The van der Waals surface area contributed by atoms with Gasteiger partial charge < -0.3 is 9.63 Å². The zero-order chi connectivity index (χ0) is 12.7. The van der Waals surface area contributed by atoms with Crippen LogP contribution in [0.1, 0.15) is 5.69 Å². The minimum atomic E-state index is -0.919. The van der Waals surface area contributed by atoms with Crippen LogP contribution in [-0.2, 0) is 11.2 Å². The van der Waals surface area contributed by atoms with E-state index in [2.05, 4.69) is 21.1 Å². The largest absolute Gasteiger partial charge is 0.481 e. The Kier molecular flexibility index (Phi) is 2.56. The highest BCUT2D eigenvalue weighted by atomic mass is 79.9. The SMILES string of the molecule is O=C(O)Cc1noc2ccc3c(Br)cccc3c12. The number of carboxylic acids is 1. The van der Waals surface area contributed by atoms with Crippen LogP contribution in [0.2, 0.25) is 0 Å². The van der Waals surface area contributed by atoms with Crippen LogP contribution >= 0.6 is 15.9 Å². The number of carbonyl (C=O) groups is 1. The molecule has 0 aliphatic rings. The smallest absolute Gasteiger partial charge is 0.309 e. The molecule has 1 heterocycles. The van der Waals surface area contributed by atoms with Gasteiger partial charge in [0.05, 0.1) is 11.8 Å². The van der Waals surface area contributed by atoms with Crippen molar-refractivity contribution in [3.05, 3.63) is 40.5 Å². The molecule has 0 aliphatic carbocycles. The summed E-state index contributed by atoms with van der Waals surface area (Å²) in [6.07, 6.45) is -0.140. The zero-order valence-electron chi connectivity index (χ0n) is 9.18. The van der Waals surface area contributed by atoms with Crippen molar-refractivity contribution in [3.8, 4) is 0 Å². The Labute approximate surface area is 110 Å². The highest BCUT2D eigenvalue weighted by Gasteiger charge is 2.15. The minimum Gasteiger partial charge on any atom is -0.481 e. The van der Waals surface area contributed by atoms with E-state index in [1.807, 2.05) is 24.3 Å². The van der Waals surface area contributed by atoms with E-state index in [-0.39, 0.29) is 6.42 Å². The molecule has 18 heavy (non-hydrogen) atoms. The molecule has 0 saturated heterocycles. The van der Waals surface area contributed by atoms with Crippen LogP contribution in [-0.4, -0.2) is 16.2 Å². The van der Waals surface area contributed by atoms with Gasteiger partial charge in [0.15, 0.2) is 5.58 Å². The molecule has 0 aliphatic heterocycles. The fourth-order valence-electron chi connectivity index (χ4n) is 2.09. The number of hydrogen-bond acceptors (Lipinski definition) is 3. The summed E-state index contributed by atoms with van der Waals surface area (Å²) >= 11 is 3.48. The van der Waals surface area contributed by atoms with E-state index in [0.717, 1.165) is 20.6 Å². The van der Waals surface area contributed by atoms with E-state index >= 15 is 0 Å². The summed E-state index contributed by atoms with van der Waals surface area (Å²) in [6, 6.07) is 9.52. The Morgan fingerprint density at radius 3 is 2.89 bits per heavy atom. The normalized spacial score (nSPS) is 11.2. The maximum absolute atomic E-state index is 10.8. The van der Waals surface area contributed by atoms with Crippen LogP contribution < -0.4 is 0 Å². The molecule has 1 N–H and O–H groups in total. The molecule has 0 fully saturated rings. The highest BCUT2D eigenvalue weighted by Crippen LogP contribution is 2.32. The molecular formula is C13H8BrNO3. The van der Waals surface area contributed by atoms with Gasteiger partial charge >= 0.3 is 5.97 Å². The van der Waals surface area contributed by atoms with E-state index in [9.17, 15) is 4.79 Å². The van der Waals surface area contributed by atoms with Crippen molar-refractivity contribution in [2.24, 2.45) is 0 Å². The second-order valence-corrected chi connectivity index (χ2v) is 4.83. The van der Waals surface area contributed by atoms with Crippen LogP contribution in [0, 0.1) is 0 Å². The third-order valence-corrected chi connectivity index (χ3v) is 3.52. The number of aliphatic carboxylic acids is 1. The summed E-state index contributed by atoms with van der Waals surface area (Å²) in [5.74, 6) is -0.919. The van der Waals surface area contributed by atoms with E-state index in [4.69, 9.17) is 9.63 Å².